The fourth-order valence-electron chi connectivity index (χ4n) is 1.25. The van der Waals surface area contributed by atoms with Gasteiger partial charge in [-0.2, -0.15) is 0 Å². The normalized spacial score (nSPS) is 12.4. The van der Waals surface area contributed by atoms with E-state index in [0.717, 1.165) is 11.8 Å². The number of aromatic hydroxyl groups is 1. The van der Waals surface area contributed by atoms with Crippen LogP contribution in [0.3, 0.4) is 0 Å². The van der Waals surface area contributed by atoms with Gasteiger partial charge in [0, 0.05) is 5.92 Å². The lowest BCUT2D eigenvalue weighted by atomic mass is 9.97. The predicted octanol–water partition coefficient (Wildman–Crippen LogP) is 1.02. The summed E-state index contributed by atoms with van der Waals surface area (Å²) >= 11 is 0. The maximum Gasteiger partial charge on any atom is 0.127 e. The van der Waals surface area contributed by atoms with Crippen LogP contribution in [-0.2, 0) is 4.79 Å². The Labute approximate surface area is 77.2 Å². The van der Waals surface area contributed by atoms with Crippen molar-refractivity contribution in [1.82, 2.24) is 0 Å². The standard InChI is InChI=1S/C10H13NO2/c11-5-4-9(7-12)8-2-1-3-10(13)6-8/h1-3,6-7,9,13H,4-5,11H2. The van der Waals surface area contributed by atoms with Crippen molar-refractivity contribution < 1.29 is 9.90 Å². The summed E-state index contributed by atoms with van der Waals surface area (Å²) in [5.41, 5.74) is 6.18. The average Bonchev–Trinajstić information content (AvgIpc) is 2.14. The summed E-state index contributed by atoms with van der Waals surface area (Å²) in [6.45, 7) is 0.471. The summed E-state index contributed by atoms with van der Waals surface area (Å²) in [6, 6.07) is 6.70. The topological polar surface area (TPSA) is 63.3 Å². The molecule has 3 heteroatoms. The molecule has 70 valence electrons. The van der Waals surface area contributed by atoms with Crippen LogP contribution < -0.4 is 5.73 Å². The first kappa shape index (κ1) is 9.74. The van der Waals surface area contributed by atoms with E-state index in [1.54, 1.807) is 18.2 Å². The van der Waals surface area contributed by atoms with Gasteiger partial charge in [-0.3, -0.25) is 0 Å². The summed E-state index contributed by atoms with van der Waals surface area (Å²) in [5.74, 6) is -0.0153. The minimum atomic E-state index is -0.197. The van der Waals surface area contributed by atoms with Crippen molar-refractivity contribution in [2.45, 2.75) is 12.3 Å². The lowest BCUT2D eigenvalue weighted by molar-refractivity contribution is -0.109. The number of nitrogens with two attached hydrogens (primary N) is 1. The molecule has 0 spiro atoms. The zero-order valence-electron chi connectivity index (χ0n) is 7.31. The molecule has 0 aliphatic heterocycles. The molecule has 0 amide bonds. The van der Waals surface area contributed by atoms with E-state index in [4.69, 9.17) is 5.73 Å². The highest BCUT2D eigenvalue weighted by molar-refractivity contribution is 5.62. The average molecular weight is 179 g/mol. The summed E-state index contributed by atoms with van der Waals surface area (Å²) in [6.07, 6.45) is 1.48. The Morgan fingerprint density at radius 2 is 2.31 bits per heavy atom. The number of phenolic OH excluding ortho intramolecular Hbond substituents is 1. The molecule has 1 atom stereocenters. The van der Waals surface area contributed by atoms with Gasteiger partial charge in [-0.05, 0) is 30.7 Å². The Bertz CT molecular complexity index is 286. The van der Waals surface area contributed by atoms with Crippen LogP contribution in [0.2, 0.25) is 0 Å². The van der Waals surface area contributed by atoms with E-state index in [-0.39, 0.29) is 11.7 Å². The Kier molecular flexibility index (Phi) is 3.46. The van der Waals surface area contributed by atoms with Crippen molar-refractivity contribution in [3.8, 4) is 5.75 Å². The third-order valence-electron chi connectivity index (χ3n) is 1.94. The van der Waals surface area contributed by atoms with Crippen molar-refractivity contribution in [3.63, 3.8) is 0 Å². The molecule has 0 aromatic heterocycles. The van der Waals surface area contributed by atoms with E-state index in [1.807, 2.05) is 6.07 Å². The molecule has 3 nitrogen and oxygen atoms in total. The molecule has 0 heterocycles. The van der Waals surface area contributed by atoms with Crippen molar-refractivity contribution in [3.05, 3.63) is 29.8 Å². The van der Waals surface area contributed by atoms with E-state index >= 15 is 0 Å². The largest absolute Gasteiger partial charge is 0.508 e. The van der Waals surface area contributed by atoms with Gasteiger partial charge in [-0.25, -0.2) is 0 Å². The van der Waals surface area contributed by atoms with Crippen LogP contribution >= 0.6 is 0 Å². The third kappa shape index (κ3) is 2.56. The first-order chi connectivity index (χ1) is 6.27. The van der Waals surface area contributed by atoms with Gasteiger partial charge in [0.15, 0.2) is 0 Å². The van der Waals surface area contributed by atoms with Crippen molar-refractivity contribution >= 4 is 6.29 Å². The second-order valence-electron chi connectivity index (χ2n) is 2.91. The number of carbonyl (C=O) groups excluding carboxylic acids is 1. The molecular weight excluding hydrogens is 166 g/mol. The molecule has 3 N–H and O–H groups in total. The van der Waals surface area contributed by atoms with Crippen molar-refractivity contribution in [2.24, 2.45) is 5.73 Å². The van der Waals surface area contributed by atoms with Crippen molar-refractivity contribution in [1.29, 1.82) is 0 Å². The van der Waals surface area contributed by atoms with E-state index in [9.17, 15) is 9.90 Å². The highest BCUT2D eigenvalue weighted by atomic mass is 16.3. The summed E-state index contributed by atoms with van der Waals surface area (Å²) in [4.78, 5) is 10.7. The summed E-state index contributed by atoms with van der Waals surface area (Å²) < 4.78 is 0. The van der Waals surface area contributed by atoms with Gasteiger partial charge in [0.1, 0.15) is 12.0 Å². The van der Waals surface area contributed by atoms with E-state index < -0.39 is 0 Å². The van der Waals surface area contributed by atoms with E-state index in [0.29, 0.717) is 13.0 Å². The Balaban J connectivity index is 2.84. The zero-order chi connectivity index (χ0) is 9.68. The highest BCUT2D eigenvalue weighted by Crippen LogP contribution is 2.20. The number of phenols is 1. The molecular formula is C10H13NO2. The monoisotopic (exact) mass is 179 g/mol. The quantitative estimate of drug-likeness (QED) is 0.678. The Morgan fingerprint density at radius 3 is 2.85 bits per heavy atom. The van der Waals surface area contributed by atoms with Crippen LogP contribution in [0, 0.1) is 0 Å². The molecule has 0 bridgehead atoms. The van der Waals surface area contributed by atoms with Gasteiger partial charge in [0.25, 0.3) is 0 Å². The first-order valence-corrected chi connectivity index (χ1v) is 4.22. The highest BCUT2D eigenvalue weighted by Gasteiger charge is 2.09. The second-order valence-corrected chi connectivity index (χ2v) is 2.91. The lowest BCUT2D eigenvalue weighted by Gasteiger charge is -2.08. The minimum Gasteiger partial charge on any atom is -0.508 e. The van der Waals surface area contributed by atoms with E-state index in [2.05, 4.69) is 0 Å². The summed E-state index contributed by atoms with van der Waals surface area (Å²) in [7, 11) is 0. The number of hydrogen-bond acceptors (Lipinski definition) is 3. The fraction of sp³-hybridized carbons (Fsp3) is 0.300. The Hall–Kier alpha value is -1.35. The minimum absolute atomic E-state index is 0.182. The molecule has 0 aliphatic carbocycles. The molecule has 1 aromatic rings. The van der Waals surface area contributed by atoms with Gasteiger partial charge in [0.05, 0.1) is 0 Å². The van der Waals surface area contributed by atoms with Crippen molar-refractivity contribution in [2.75, 3.05) is 6.54 Å². The van der Waals surface area contributed by atoms with Gasteiger partial charge in [0.2, 0.25) is 0 Å². The van der Waals surface area contributed by atoms with Crippen LogP contribution in [0.1, 0.15) is 17.9 Å². The second kappa shape index (κ2) is 4.62. The van der Waals surface area contributed by atoms with Gasteiger partial charge in [-0.15, -0.1) is 0 Å². The predicted molar refractivity (Wildman–Crippen MR) is 50.6 cm³/mol. The zero-order valence-corrected chi connectivity index (χ0v) is 7.31. The molecule has 1 rings (SSSR count). The molecule has 13 heavy (non-hydrogen) atoms. The maximum absolute atomic E-state index is 10.7. The number of hydrogen-bond donors (Lipinski definition) is 2. The van der Waals surface area contributed by atoms with Crippen LogP contribution in [0.4, 0.5) is 0 Å². The molecule has 0 aliphatic rings. The SMILES string of the molecule is NCCC(C=O)c1cccc(O)c1. The first-order valence-electron chi connectivity index (χ1n) is 4.22. The molecule has 1 aromatic carbocycles. The molecule has 1 unspecified atom stereocenters. The molecule has 0 radical (unpaired) electrons. The smallest absolute Gasteiger partial charge is 0.127 e. The van der Waals surface area contributed by atoms with Gasteiger partial charge >= 0.3 is 0 Å². The maximum atomic E-state index is 10.7. The summed E-state index contributed by atoms with van der Waals surface area (Å²) in [5, 5.41) is 9.18. The van der Waals surface area contributed by atoms with Crippen LogP contribution in [0.25, 0.3) is 0 Å². The van der Waals surface area contributed by atoms with Gasteiger partial charge < -0.3 is 15.6 Å². The molecule has 0 saturated heterocycles. The van der Waals surface area contributed by atoms with Gasteiger partial charge in [-0.1, -0.05) is 12.1 Å². The van der Waals surface area contributed by atoms with Crippen LogP contribution in [-0.4, -0.2) is 17.9 Å². The lowest BCUT2D eigenvalue weighted by Crippen LogP contribution is -2.08. The van der Waals surface area contributed by atoms with Crippen LogP contribution in [0.15, 0.2) is 24.3 Å². The van der Waals surface area contributed by atoms with Crippen LogP contribution in [0.5, 0.6) is 5.75 Å². The third-order valence-corrected chi connectivity index (χ3v) is 1.94. The number of carbonyl (C=O) groups is 1. The number of rotatable bonds is 4. The number of aldehydes is 1. The Morgan fingerprint density at radius 1 is 1.54 bits per heavy atom. The molecule has 0 fully saturated rings. The van der Waals surface area contributed by atoms with E-state index in [1.165, 1.54) is 0 Å². The number of benzene rings is 1. The molecule has 0 saturated carbocycles. The fourth-order valence-corrected chi connectivity index (χ4v) is 1.25.